The van der Waals surface area contributed by atoms with Crippen molar-refractivity contribution in [3.63, 3.8) is 0 Å². The molecule has 7 N–H and O–H groups in total. The number of H-pyrrole nitrogens is 1. The number of amides is 1. The number of rotatable bonds is 13. The number of fused-ring (bicyclic) bond motifs is 6. The van der Waals surface area contributed by atoms with E-state index in [1.54, 1.807) is 21.0 Å². The van der Waals surface area contributed by atoms with Crippen LogP contribution in [-0.2, 0) is 55.6 Å². The average molecular weight is 1040 g/mol. The molecule has 9 rings (SSSR count). The van der Waals surface area contributed by atoms with Crippen LogP contribution in [0.1, 0.15) is 96.0 Å². The molecular formula is C51H74N5O14PS. The largest absolute Gasteiger partial charge is 0.496 e. The summed E-state index contributed by atoms with van der Waals surface area (Å²) in [6.07, 6.45) is 5.32. The normalized spacial score (nSPS) is 33.3. The zero-order valence-corrected chi connectivity index (χ0v) is 44.6. The van der Waals surface area contributed by atoms with Crippen LogP contribution in [0, 0.1) is 17.3 Å². The van der Waals surface area contributed by atoms with Crippen molar-refractivity contribution in [3.05, 3.63) is 70.9 Å². The van der Waals surface area contributed by atoms with Gasteiger partial charge in [0.1, 0.15) is 23.1 Å². The topological polar surface area (TPSA) is 261 Å². The number of piperidine rings is 1. The highest BCUT2D eigenvalue weighted by molar-refractivity contribution is 7.79. The number of esters is 1. The van der Waals surface area contributed by atoms with E-state index in [0.29, 0.717) is 88.2 Å². The van der Waals surface area contributed by atoms with E-state index in [-0.39, 0.29) is 25.2 Å². The molecular weight excluding hydrogens is 970 g/mol. The lowest BCUT2D eigenvalue weighted by molar-refractivity contribution is -0.203. The van der Waals surface area contributed by atoms with Crippen molar-refractivity contribution in [2.75, 3.05) is 72.1 Å². The second kappa shape index (κ2) is 19.7. The minimum atomic E-state index is -4.67. The first-order valence-corrected chi connectivity index (χ1v) is 28.2. The third kappa shape index (κ3) is 8.44. The lowest BCUT2D eigenvalue weighted by Gasteiger charge is -2.63. The molecule has 2 aromatic carbocycles. The van der Waals surface area contributed by atoms with Crippen LogP contribution in [0.15, 0.2) is 48.6 Å². The first-order chi connectivity index (χ1) is 33.9. The van der Waals surface area contributed by atoms with E-state index < -0.39 is 81.2 Å². The molecule has 6 aliphatic rings. The Bertz CT molecular complexity index is 2740. The summed E-state index contributed by atoms with van der Waals surface area (Å²) in [5.41, 5.74) is -2.27. The number of hydrogen-bond donors (Lipinski definition) is 7. The summed E-state index contributed by atoms with van der Waals surface area (Å²) in [5.74, 6) is -2.61. The van der Waals surface area contributed by atoms with E-state index >= 15 is 9.59 Å². The molecule has 19 nitrogen and oxygen atoms in total. The van der Waals surface area contributed by atoms with E-state index in [0.717, 1.165) is 27.7 Å². The number of nitrogens with one attached hydrogen (secondary N) is 2. The number of benzene rings is 2. The molecule has 1 aliphatic carbocycles. The summed E-state index contributed by atoms with van der Waals surface area (Å²) in [6.45, 7) is 14.4. The van der Waals surface area contributed by atoms with Gasteiger partial charge in [-0.1, -0.05) is 58.0 Å². The lowest BCUT2D eigenvalue weighted by atomic mass is 9.47. The van der Waals surface area contributed by atoms with Gasteiger partial charge in [0, 0.05) is 84.0 Å². The second-order valence-corrected chi connectivity index (χ2v) is 24.2. The number of aliphatic hydroxyl groups is 3. The first-order valence-electron chi connectivity index (χ1n) is 25.2. The van der Waals surface area contributed by atoms with Crippen molar-refractivity contribution in [2.24, 2.45) is 17.3 Å². The van der Waals surface area contributed by atoms with Gasteiger partial charge >= 0.3 is 24.0 Å². The highest BCUT2D eigenvalue weighted by atomic mass is 32.3. The van der Waals surface area contributed by atoms with Crippen LogP contribution in [0.25, 0.3) is 10.9 Å². The number of para-hydroxylation sites is 1. The number of hydrogen-bond acceptors (Lipinski definition) is 15. The minimum Gasteiger partial charge on any atom is -0.496 e. The Labute approximate surface area is 422 Å². The van der Waals surface area contributed by atoms with Gasteiger partial charge in [0.05, 0.1) is 39.1 Å². The molecule has 2 bridgehead atoms. The Morgan fingerprint density at radius 3 is 2.26 bits per heavy atom. The van der Waals surface area contributed by atoms with Crippen LogP contribution >= 0.6 is 7.60 Å². The van der Waals surface area contributed by atoms with Gasteiger partial charge in [0.15, 0.2) is 5.60 Å². The molecule has 1 amide bonds. The summed E-state index contributed by atoms with van der Waals surface area (Å²) in [7, 11) is -3.77. The van der Waals surface area contributed by atoms with Crippen molar-refractivity contribution in [3.8, 4) is 5.75 Å². The molecule has 2 saturated heterocycles. The molecule has 1 aromatic heterocycles. The van der Waals surface area contributed by atoms with Crippen molar-refractivity contribution >= 4 is 46.5 Å². The van der Waals surface area contributed by atoms with Gasteiger partial charge in [-0.15, -0.1) is 0 Å². The fourth-order valence-corrected chi connectivity index (χ4v) is 16.6. The number of ether oxygens (including phenoxy) is 2. The Morgan fingerprint density at radius 2 is 1.65 bits per heavy atom. The van der Waals surface area contributed by atoms with Crippen LogP contribution in [0.5, 0.6) is 5.75 Å². The fourth-order valence-electron chi connectivity index (χ4n) is 14.4. The maximum Gasteiger partial charge on any atom is 0.394 e. The predicted octanol–water partition coefficient (Wildman–Crippen LogP) is 4.96. The molecule has 1 spiro atoms. The Kier molecular flexibility index (Phi) is 14.8. The summed E-state index contributed by atoms with van der Waals surface area (Å²) in [5, 5.41) is 42.9. The molecule has 21 heteroatoms. The third-order valence-corrected chi connectivity index (χ3v) is 19.7. The second-order valence-electron chi connectivity index (χ2n) is 21.1. The quantitative estimate of drug-likeness (QED) is 0.0517. The van der Waals surface area contributed by atoms with Gasteiger partial charge in [-0.3, -0.25) is 33.1 Å². The van der Waals surface area contributed by atoms with Gasteiger partial charge in [-0.25, -0.2) is 0 Å². The molecule has 72 heavy (non-hydrogen) atoms. The molecule has 11 atom stereocenters. The fraction of sp³-hybridized carbons (Fsp3) is 0.647. The van der Waals surface area contributed by atoms with Gasteiger partial charge in [-0.2, -0.15) is 8.42 Å². The number of anilines is 1. The van der Waals surface area contributed by atoms with E-state index in [4.69, 9.17) is 36.0 Å². The third-order valence-electron chi connectivity index (χ3n) is 17.1. The molecule has 0 radical (unpaired) electrons. The summed E-state index contributed by atoms with van der Waals surface area (Å²) in [4.78, 5) is 41.4. The molecule has 3 aromatic rings. The number of nitrogens with zero attached hydrogens (tertiary/aromatic N) is 3. The number of aromatic nitrogens is 1. The maximum atomic E-state index is 15.5. The molecule has 3 fully saturated rings. The highest BCUT2D eigenvalue weighted by Crippen LogP contribution is 2.68. The Balaban J connectivity index is 0.00000132. The minimum absolute atomic E-state index is 0.0734. The zero-order chi connectivity index (χ0) is 52.6. The average Bonchev–Trinajstić information content (AvgIpc) is 3.99. The van der Waals surface area contributed by atoms with Gasteiger partial charge in [0.2, 0.25) is 0 Å². The molecule has 1 saturated carbocycles. The van der Waals surface area contributed by atoms with E-state index in [9.17, 15) is 19.9 Å². The van der Waals surface area contributed by atoms with Crippen molar-refractivity contribution in [1.82, 2.24) is 20.1 Å². The van der Waals surface area contributed by atoms with Crippen molar-refractivity contribution in [2.45, 2.75) is 126 Å². The Morgan fingerprint density at radius 1 is 0.972 bits per heavy atom. The van der Waals surface area contributed by atoms with E-state index in [1.807, 2.05) is 76.1 Å². The number of aromatic amines is 1. The predicted molar refractivity (Wildman–Crippen MR) is 271 cm³/mol. The molecule has 11 unspecified atom stereocenters. The van der Waals surface area contributed by atoms with E-state index in [2.05, 4.69) is 32.2 Å². The highest BCUT2D eigenvalue weighted by Gasteiger charge is 2.79. The summed E-state index contributed by atoms with van der Waals surface area (Å²) >= 11 is 0. The SMILES string of the molecule is CCOP(=O)(OCC)C(NC(=O)C1(O)C(O)C2(CC)C=CCN3CCC4(c5cc(C6(C(=O)OC)CC7CN(CCc8c6[nH]c6ccccc86)CC(O)(CC)C7)c(OC)cc5N(C)C14)C32)C(C)C.O=S(=O)(O)O. The monoisotopic (exact) mass is 1040 g/mol. The smallest absolute Gasteiger partial charge is 0.394 e. The van der Waals surface area contributed by atoms with Crippen molar-refractivity contribution < 1.29 is 65.5 Å². The van der Waals surface area contributed by atoms with Crippen LogP contribution in [0.2, 0.25) is 0 Å². The standard InChI is InChI=1S/C51H72N5O10P.H2O4S/c1-10-47(60)27-32-28-50(46(59)64-9,40-34(19-23-55(29-32)30-47)33-17-14-15-18-37(33)52-40)36-25-35-38(26-39(36)63-8)54(7)43-49(35)21-24-56-22-16-20-48(11-2,42(49)56)44(57)51(43,61)45(58)53-41(31(5)6)67(62,65-12-3)66-13-4;1-5(2,3)4/h14-18,20,25-26,31-32,41-44,52,57,60-61H,10-13,19,21-24,27-30H2,1-9H3,(H,53,58);(H2,1,2,3,4). The van der Waals surface area contributed by atoms with E-state index in [1.165, 1.54) is 7.11 Å². The molecule has 5 aliphatic heterocycles. The van der Waals surface area contributed by atoms with Crippen LogP contribution in [-0.4, -0.2) is 162 Å². The van der Waals surface area contributed by atoms with Crippen molar-refractivity contribution in [1.29, 1.82) is 0 Å². The Hall–Kier alpha value is -3.92. The zero-order valence-electron chi connectivity index (χ0n) is 42.9. The van der Waals surface area contributed by atoms with Gasteiger partial charge < -0.3 is 49.0 Å². The number of aliphatic hydroxyl groups excluding tert-OH is 1. The van der Waals surface area contributed by atoms with Crippen LogP contribution in [0.4, 0.5) is 5.69 Å². The lowest BCUT2D eigenvalue weighted by Crippen LogP contribution is -2.82. The summed E-state index contributed by atoms with van der Waals surface area (Å²) < 4.78 is 70.1. The van der Waals surface area contributed by atoms with Gasteiger partial charge in [-0.05, 0) is 94.0 Å². The number of carbonyl (C=O) groups excluding carboxylic acids is 2. The summed E-state index contributed by atoms with van der Waals surface area (Å²) in [6, 6.07) is 10.7. The first kappa shape index (κ1) is 54.3. The number of carbonyl (C=O) groups is 2. The molecule has 6 heterocycles. The maximum absolute atomic E-state index is 15.5. The molecule has 398 valence electrons. The number of likely N-dealkylation sites (N-methyl/N-ethyl adjacent to an activating group) is 1. The van der Waals surface area contributed by atoms with Crippen LogP contribution in [0.3, 0.4) is 0 Å². The van der Waals surface area contributed by atoms with Gasteiger partial charge in [0.25, 0.3) is 5.91 Å². The number of methoxy groups -OCH3 is 2. The van der Waals surface area contributed by atoms with Crippen LogP contribution < -0.4 is 15.0 Å².